The average molecular weight is 438 g/mol. The van der Waals surface area contributed by atoms with Gasteiger partial charge in [-0.1, -0.05) is 66.4 Å². The van der Waals surface area contributed by atoms with Crippen LogP contribution in [0, 0.1) is 0 Å². The summed E-state index contributed by atoms with van der Waals surface area (Å²) >= 11 is 7.79. The average Bonchev–Trinajstić information content (AvgIpc) is 3.30. The van der Waals surface area contributed by atoms with Crippen LogP contribution in [0.15, 0.2) is 64.9 Å². The quantitative estimate of drug-likeness (QED) is 0.465. The zero-order chi connectivity index (χ0) is 20.4. The Hall–Kier alpha value is -2.81. The summed E-state index contributed by atoms with van der Waals surface area (Å²) in [6, 6.07) is 16.9. The topological polar surface area (TPSA) is 62.3 Å². The number of thioether (sulfide) groups is 1. The number of hydrogen-bond acceptors (Lipinski definition) is 6. The van der Waals surface area contributed by atoms with Crippen molar-refractivity contribution < 1.29 is 9.59 Å². The number of thiocarbonyl (C=S) groups is 1. The van der Waals surface area contributed by atoms with Gasteiger partial charge in [-0.25, -0.2) is 4.98 Å². The molecule has 0 atom stereocenters. The third-order valence-electron chi connectivity index (χ3n) is 4.25. The van der Waals surface area contributed by atoms with Gasteiger partial charge in [0.15, 0.2) is 5.13 Å². The summed E-state index contributed by atoms with van der Waals surface area (Å²) in [6.07, 6.45) is 1.78. The molecular formula is C21H15N3O2S3. The summed E-state index contributed by atoms with van der Waals surface area (Å²) in [6.45, 7) is 0. The first-order valence-electron chi connectivity index (χ1n) is 8.65. The molecule has 0 aliphatic carbocycles. The van der Waals surface area contributed by atoms with Crippen LogP contribution in [0.4, 0.5) is 5.13 Å². The largest absolute Gasteiger partial charge is 0.298 e. The van der Waals surface area contributed by atoms with Crippen LogP contribution < -0.4 is 5.32 Å². The van der Waals surface area contributed by atoms with E-state index in [2.05, 4.69) is 10.3 Å². The summed E-state index contributed by atoms with van der Waals surface area (Å²) in [4.78, 5) is 31.1. The molecule has 1 aromatic heterocycles. The number of nitrogens with one attached hydrogen (secondary N) is 1. The summed E-state index contributed by atoms with van der Waals surface area (Å²) < 4.78 is 0.538. The standard InChI is InChI=1S/C21H15N3O2S3/c1-24-19(26)17(29-21(24)27)11-13-7-9-15(10-8-13)18(25)23-20-22-16(12-28-20)14-5-3-2-4-6-14/h2-12H,1H3,(H,22,23,25). The van der Waals surface area contributed by atoms with Gasteiger partial charge < -0.3 is 0 Å². The molecule has 0 unspecified atom stereocenters. The second-order valence-electron chi connectivity index (χ2n) is 6.22. The van der Waals surface area contributed by atoms with E-state index in [9.17, 15) is 9.59 Å². The maximum absolute atomic E-state index is 12.5. The van der Waals surface area contributed by atoms with Crippen LogP contribution >= 0.6 is 35.3 Å². The summed E-state index contributed by atoms with van der Waals surface area (Å²) in [5.41, 5.74) is 3.18. The Morgan fingerprint density at radius 3 is 2.52 bits per heavy atom. The number of nitrogens with zero attached hydrogens (tertiary/aromatic N) is 2. The number of carbonyl (C=O) groups excluding carboxylic acids is 2. The molecule has 1 fully saturated rings. The highest BCUT2D eigenvalue weighted by atomic mass is 32.2. The monoisotopic (exact) mass is 437 g/mol. The van der Waals surface area contributed by atoms with Crippen molar-refractivity contribution in [3.63, 3.8) is 0 Å². The predicted molar refractivity (Wildman–Crippen MR) is 123 cm³/mol. The van der Waals surface area contributed by atoms with Gasteiger partial charge in [0.1, 0.15) is 4.32 Å². The Labute approximate surface area is 181 Å². The lowest BCUT2D eigenvalue weighted by atomic mass is 10.1. The zero-order valence-electron chi connectivity index (χ0n) is 15.3. The van der Waals surface area contributed by atoms with E-state index in [4.69, 9.17) is 12.2 Å². The van der Waals surface area contributed by atoms with Crippen molar-refractivity contribution >= 4 is 62.7 Å². The SMILES string of the molecule is CN1C(=O)C(=Cc2ccc(C(=O)Nc3nc(-c4ccccc4)cs3)cc2)SC1=S. The van der Waals surface area contributed by atoms with E-state index >= 15 is 0 Å². The maximum atomic E-state index is 12.5. The first-order chi connectivity index (χ1) is 14.0. The van der Waals surface area contributed by atoms with Crippen molar-refractivity contribution in [1.29, 1.82) is 0 Å². The lowest BCUT2D eigenvalue weighted by Gasteiger charge is -2.04. The molecule has 2 amide bonds. The second kappa shape index (κ2) is 8.28. The molecule has 1 aliphatic rings. The molecule has 3 aromatic rings. The van der Waals surface area contributed by atoms with Gasteiger partial charge >= 0.3 is 0 Å². The van der Waals surface area contributed by atoms with Crippen LogP contribution in [0.25, 0.3) is 17.3 Å². The van der Waals surface area contributed by atoms with Gasteiger partial charge in [0, 0.05) is 23.6 Å². The number of hydrogen-bond donors (Lipinski definition) is 1. The molecule has 0 bridgehead atoms. The van der Waals surface area contributed by atoms with Gasteiger partial charge in [0.2, 0.25) is 0 Å². The van der Waals surface area contributed by atoms with Crippen molar-refractivity contribution in [3.8, 4) is 11.3 Å². The number of amides is 2. The summed E-state index contributed by atoms with van der Waals surface area (Å²) in [5, 5.41) is 5.29. The number of rotatable bonds is 4. The third kappa shape index (κ3) is 4.29. The zero-order valence-corrected chi connectivity index (χ0v) is 17.7. The fourth-order valence-electron chi connectivity index (χ4n) is 2.67. The molecule has 0 radical (unpaired) electrons. The van der Waals surface area contributed by atoms with E-state index in [1.165, 1.54) is 28.0 Å². The molecule has 1 saturated heterocycles. The van der Waals surface area contributed by atoms with Crippen LogP contribution in [0.2, 0.25) is 0 Å². The van der Waals surface area contributed by atoms with Crippen molar-refractivity contribution in [1.82, 2.24) is 9.88 Å². The van der Waals surface area contributed by atoms with E-state index in [0.717, 1.165) is 16.8 Å². The molecular weight excluding hydrogens is 422 g/mol. The number of thiazole rings is 1. The lowest BCUT2D eigenvalue weighted by molar-refractivity contribution is -0.121. The van der Waals surface area contributed by atoms with Crippen LogP contribution in [-0.4, -0.2) is 33.1 Å². The van der Waals surface area contributed by atoms with E-state index in [0.29, 0.717) is 19.9 Å². The first-order valence-corrected chi connectivity index (χ1v) is 10.8. The Balaban J connectivity index is 1.45. The Morgan fingerprint density at radius 2 is 1.86 bits per heavy atom. The van der Waals surface area contributed by atoms with Gasteiger partial charge in [0.05, 0.1) is 10.6 Å². The molecule has 0 saturated carbocycles. The molecule has 8 heteroatoms. The summed E-state index contributed by atoms with van der Waals surface area (Å²) in [7, 11) is 1.66. The molecule has 1 aliphatic heterocycles. The van der Waals surface area contributed by atoms with Crippen molar-refractivity contribution in [2.24, 2.45) is 0 Å². The Kier molecular flexibility index (Phi) is 5.57. The Morgan fingerprint density at radius 1 is 1.14 bits per heavy atom. The predicted octanol–water partition coefficient (Wildman–Crippen LogP) is 4.89. The molecule has 2 aromatic carbocycles. The number of anilines is 1. The van der Waals surface area contributed by atoms with E-state index in [1.54, 1.807) is 37.4 Å². The summed E-state index contributed by atoms with van der Waals surface area (Å²) in [5.74, 6) is -0.342. The van der Waals surface area contributed by atoms with Crippen molar-refractivity contribution in [3.05, 3.63) is 76.0 Å². The normalized spacial score (nSPS) is 15.2. The second-order valence-corrected chi connectivity index (χ2v) is 8.75. The molecule has 0 spiro atoms. The molecule has 29 heavy (non-hydrogen) atoms. The third-order valence-corrected chi connectivity index (χ3v) is 6.49. The van der Waals surface area contributed by atoms with E-state index in [1.807, 2.05) is 35.7 Å². The fraction of sp³-hybridized carbons (Fsp3) is 0.0476. The fourth-order valence-corrected chi connectivity index (χ4v) is 4.56. The molecule has 2 heterocycles. The van der Waals surface area contributed by atoms with Crippen molar-refractivity contribution in [2.75, 3.05) is 12.4 Å². The number of benzene rings is 2. The maximum Gasteiger partial charge on any atom is 0.265 e. The van der Waals surface area contributed by atoms with Crippen LogP contribution in [-0.2, 0) is 4.79 Å². The highest BCUT2D eigenvalue weighted by molar-refractivity contribution is 8.26. The lowest BCUT2D eigenvalue weighted by Crippen LogP contribution is -2.22. The number of aromatic nitrogens is 1. The number of carbonyl (C=O) groups is 2. The first kappa shape index (κ1) is 19.5. The molecule has 5 nitrogen and oxygen atoms in total. The van der Waals surface area contributed by atoms with Crippen molar-refractivity contribution in [2.45, 2.75) is 0 Å². The van der Waals surface area contributed by atoms with Crippen LogP contribution in [0.3, 0.4) is 0 Å². The smallest absolute Gasteiger partial charge is 0.265 e. The Bertz CT molecular complexity index is 1120. The minimum absolute atomic E-state index is 0.111. The van der Waals surface area contributed by atoms with Gasteiger partial charge in [-0.2, -0.15) is 0 Å². The van der Waals surface area contributed by atoms with Crippen LogP contribution in [0.1, 0.15) is 15.9 Å². The van der Waals surface area contributed by atoms with Crippen LogP contribution in [0.5, 0.6) is 0 Å². The van der Waals surface area contributed by atoms with Gasteiger partial charge in [0.25, 0.3) is 11.8 Å². The van der Waals surface area contributed by atoms with E-state index < -0.39 is 0 Å². The van der Waals surface area contributed by atoms with Gasteiger partial charge in [-0.15, -0.1) is 11.3 Å². The molecule has 4 rings (SSSR count). The molecule has 1 N–H and O–H groups in total. The van der Waals surface area contributed by atoms with E-state index in [-0.39, 0.29) is 11.8 Å². The van der Waals surface area contributed by atoms with Gasteiger partial charge in [-0.3, -0.25) is 19.8 Å². The minimum atomic E-state index is -0.231. The minimum Gasteiger partial charge on any atom is -0.298 e. The van der Waals surface area contributed by atoms with Gasteiger partial charge in [-0.05, 0) is 23.8 Å². The molecule has 144 valence electrons. The highest BCUT2D eigenvalue weighted by Crippen LogP contribution is 2.31. The highest BCUT2D eigenvalue weighted by Gasteiger charge is 2.28. The number of likely N-dealkylation sites (N-methyl/N-ethyl adjacent to an activating group) is 1.